The summed E-state index contributed by atoms with van der Waals surface area (Å²) < 4.78 is 14.4. The maximum absolute atomic E-state index is 12.6. The zero-order valence-corrected chi connectivity index (χ0v) is 20.2. The van der Waals surface area contributed by atoms with Crippen LogP contribution in [0.15, 0.2) is 42.5 Å². The van der Waals surface area contributed by atoms with Gasteiger partial charge >= 0.3 is 17.9 Å². The van der Waals surface area contributed by atoms with Gasteiger partial charge in [0.1, 0.15) is 6.04 Å². The zero-order chi connectivity index (χ0) is 26.1. The van der Waals surface area contributed by atoms with Crippen LogP contribution in [0.25, 0.3) is 0 Å². The highest BCUT2D eigenvalue weighted by Crippen LogP contribution is 2.17. The van der Waals surface area contributed by atoms with Crippen LogP contribution in [0.3, 0.4) is 0 Å². The molecule has 1 atom stereocenters. The number of ether oxygens (including phenoxy) is 3. The highest BCUT2D eigenvalue weighted by atomic mass is 16.5. The number of amides is 2. The standard InChI is InChI=1S/C25H28N2O8/c1-14(2)21(27-22(29)16-8-6-15(3)7-9-16)25(32)35-13-20(28)26-19-11-17(23(30)33-4)10-18(12-19)24(31)34-5/h6-12,14,21H,13H2,1-5H3,(H,26,28)(H,27,29)/t21-/m0/s1. The fraction of sp³-hybridized carbons (Fsp3) is 0.320. The molecule has 2 aromatic carbocycles. The van der Waals surface area contributed by atoms with Crippen molar-refractivity contribution in [2.45, 2.75) is 26.8 Å². The quantitative estimate of drug-likeness (QED) is 0.409. The van der Waals surface area contributed by atoms with Gasteiger partial charge < -0.3 is 24.8 Å². The van der Waals surface area contributed by atoms with Gasteiger partial charge in [0, 0.05) is 11.3 Å². The Balaban J connectivity index is 2.05. The molecule has 0 heterocycles. The molecule has 2 rings (SSSR count). The molecule has 0 aliphatic rings. The molecule has 0 aliphatic heterocycles. The van der Waals surface area contributed by atoms with Gasteiger partial charge in [-0.1, -0.05) is 31.5 Å². The van der Waals surface area contributed by atoms with Crippen molar-refractivity contribution in [3.8, 4) is 0 Å². The van der Waals surface area contributed by atoms with Crippen molar-refractivity contribution in [1.82, 2.24) is 5.32 Å². The number of benzene rings is 2. The van der Waals surface area contributed by atoms with Crippen LogP contribution in [0, 0.1) is 12.8 Å². The summed E-state index contributed by atoms with van der Waals surface area (Å²) in [4.78, 5) is 61.2. The molecule has 0 saturated heterocycles. The van der Waals surface area contributed by atoms with E-state index >= 15 is 0 Å². The van der Waals surface area contributed by atoms with E-state index < -0.39 is 42.4 Å². The van der Waals surface area contributed by atoms with Crippen LogP contribution in [0.2, 0.25) is 0 Å². The Kier molecular flexibility index (Phi) is 9.51. The maximum atomic E-state index is 12.6. The van der Waals surface area contributed by atoms with E-state index in [0.29, 0.717) is 5.56 Å². The number of carbonyl (C=O) groups excluding carboxylic acids is 5. The van der Waals surface area contributed by atoms with Gasteiger partial charge in [-0.05, 0) is 43.2 Å². The Morgan fingerprint density at radius 2 is 1.37 bits per heavy atom. The molecule has 0 aliphatic carbocycles. The van der Waals surface area contributed by atoms with Gasteiger partial charge in [0.05, 0.1) is 25.3 Å². The van der Waals surface area contributed by atoms with Crippen LogP contribution in [0.5, 0.6) is 0 Å². The van der Waals surface area contributed by atoms with Gasteiger partial charge in [0.2, 0.25) is 0 Å². The summed E-state index contributed by atoms with van der Waals surface area (Å²) in [6.45, 7) is 4.70. The van der Waals surface area contributed by atoms with Crippen molar-refractivity contribution in [3.05, 3.63) is 64.7 Å². The van der Waals surface area contributed by atoms with Crippen molar-refractivity contribution in [3.63, 3.8) is 0 Å². The average Bonchev–Trinajstić information content (AvgIpc) is 2.84. The van der Waals surface area contributed by atoms with E-state index in [4.69, 9.17) is 4.74 Å². The van der Waals surface area contributed by atoms with E-state index in [1.807, 2.05) is 6.92 Å². The highest BCUT2D eigenvalue weighted by Gasteiger charge is 2.27. The lowest BCUT2D eigenvalue weighted by molar-refractivity contribution is -0.150. The SMILES string of the molecule is COC(=O)c1cc(NC(=O)COC(=O)[C@@H](NC(=O)c2ccc(C)cc2)C(C)C)cc(C(=O)OC)c1. The maximum Gasteiger partial charge on any atom is 0.337 e. The Hall–Kier alpha value is -4.21. The van der Waals surface area contributed by atoms with E-state index in [9.17, 15) is 24.0 Å². The Morgan fingerprint density at radius 3 is 1.86 bits per heavy atom. The second-order valence-electron chi connectivity index (χ2n) is 8.00. The van der Waals surface area contributed by atoms with E-state index in [2.05, 4.69) is 20.1 Å². The zero-order valence-electron chi connectivity index (χ0n) is 20.2. The van der Waals surface area contributed by atoms with Crippen LogP contribution < -0.4 is 10.6 Å². The van der Waals surface area contributed by atoms with Crippen molar-refractivity contribution < 1.29 is 38.2 Å². The molecule has 0 radical (unpaired) electrons. The molecule has 0 saturated carbocycles. The Bertz CT molecular complexity index is 1070. The predicted molar refractivity (Wildman–Crippen MR) is 126 cm³/mol. The van der Waals surface area contributed by atoms with Gasteiger partial charge in [-0.25, -0.2) is 14.4 Å². The first-order valence-corrected chi connectivity index (χ1v) is 10.7. The number of nitrogens with one attached hydrogen (secondary N) is 2. The fourth-order valence-corrected chi connectivity index (χ4v) is 3.02. The first-order valence-electron chi connectivity index (χ1n) is 10.7. The number of rotatable bonds is 9. The minimum Gasteiger partial charge on any atom is -0.465 e. The van der Waals surface area contributed by atoms with E-state index in [-0.39, 0.29) is 22.7 Å². The lowest BCUT2D eigenvalue weighted by atomic mass is 10.0. The van der Waals surface area contributed by atoms with Gasteiger partial charge in [0.25, 0.3) is 11.8 Å². The molecule has 0 bridgehead atoms. The highest BCUT2D eigenvalue weighted by molar-refractivity contribution is 6.00. The first-order chi connectivity index (χ1) is 16.5. The third-order valence-corrected chi connectivity index (χ3v) is 4.93. The molecular formula is C25H28N2O8. The third kappa shape index (κ3) is 7.66. The summed E-state index contributed by atoms with van der Waals surface area (Å²) in [6, 6.07) is 9.73. The monoisotopic (exact) mass is 484 g/mol. The molecule has 2 aromatic rings. The number of carbonyl (C=O) groups is 5. The number of aryl methyl sites for hydroxylation is 1. The Labute approximate surface area is 202 Å². The van der Waals surface area contributed by atoms with Crippen LogP contribution in [0.4, 0.5) is 5.69 Å². The summed E-state index contributed by atoms with van der Waals surface area (Å²) in [5.41, 5.74) is 1.51. The molecule has 0 fully saturated rings. The number of methoxy groups -OCH3 is 2. The molecule has 0 aromatic heterocycles. The normalized spacial score (nSPS) is 11.3. The van der Waals surface area contributed by atoms with Crippen LogP contribution in [0.1, 0.15) is 50.5 Å². The summed E-state index contributed by atoms with van der Waals surface area (Å²) in [5, 5.41) is 5.09. The minimum atomic E-state index is -0.981. The van der Waals surface area contributed by atoms with Crippen molar-refractivity contribution in [1.29, 1.82) is 0 Å². The average molecular weight is 485 g/mol. The third-order valence-electron chi connectivity index (χ3n) is 4.93. The summed E-state index contributed by atoms with van der Waals surface area (Å²) in [5.74, 6) is -3.69. The van der Waals surface area contributed by atoms with E-state index in [0.717, 1.165) is 5.56 Å². The van der Waals surface area contributed by atoms with Crippen molar-refractivity contribution in [2.24, 2.45) is 5.92 Å². The van der Waals surface area contributed by atoms with Gasteiger partial charge in [-0.2, -0.15) is 0 Å². The Morgan fingerprint density at radius 1 is 0.829 bits per heavy atom. The smallest absolute Gasteiger partial charge is 0.337 e. The second kappa shape index (κ2) is 12.3. The van der Waals surface area contributed by atoms with Crippen LogP contribution in [-0.2, 0) is 23.8 Å². The van der Waals surface area contributed by atoms with Gasteiger partial charge in [0.15, 0.2) is 6.61 Å². The first kappa shape index (κ1) is 27.0. The number of hydrogen-bond donors (Lipinski definition) is 2. The molecule has 2 N–H and O–H groups in total. The molecule has 186 valence electrons. The molecule has 0 unspecified atom stereocenters. The van der Waals surface area contributed by atoms with Gasteiger partial charge in [-0.15, -0.1) is 0 Å². The second-order valence-corrected chi connectivity index (χ2v) is 8.00. The number of anilines is 1. The summed E-state index contributed by atoms with van der Waals surface area (Å²) in [7, 11) is 2.35. The summed E-state index contributed by atoms with van der Waals surface area (Å²) in [6.07, 6.45) is 0. The summed E-state index contributed by atoms with van der Waals surface area (Å²) >= 11 is 0. The lowest BCUT2D eigenvalue weighted by Crippen LogP contribution is -2.45. The molecule has 10 heteroatoms. The largest absolute Gasteiger partial charge is 0.465 e. The molecule has 35 heavy (non-hydrogen) atoms. The molecule has 2 amide bonds. The molecule has 0 spiro atoms. The van der Waals surface area contributed by atoms with E-state index in [1.54, 1.807) is 38.1 Å². The topological polar surface area (TPSA) is 137 Å². The number of esters is 3. The van der Waals surface area contributed by atoms with Gasteiger partial charge in [-0.3, -0.25) is 9.59 Å². The van der Waals surface area contributed by atoms with E-state index in [1.165, 1.54) is 32.4 Å². The van der Waals surface area contributed by atoms with Crippen LogP contribution in [-0.4, -0.2) is 56.6 Å². The fourth-order valence-electron chi connectivity index (χ4n) is 3.02. The van der Waals surface area contributed by atoms with Crippen molar-refractivity contribution in [2.75, 3.05) is 26.1 Å². The van der Waals surface area contributed by atoms with Crippen molar-refractivity contribution >= 4 is 35.4 Å². The lowest BCUT2D eigenvalue weighted by Gasteiger charge is -2.21. The number of hydrogen-bond acceptors (Lipinski definition) is 8. The van der Waals surface area contributed by atoms with Crippen LogP contribution >= 0.6 is 0 Å². The minimum absolute atomic E-state index is 0.0152. The molecule has 10 nitrogen and oxygen atoms in total. The molecular weight excluding hydrogens is 456 g/mol. The predicted octanol–water partition coefficient (Wildman–Crippen LogP) is 2.50.